The molecule has 0 aromatic carbocycles. The van der Waals surface area contributed by atoms with E-state index in [0.717, 1.165) is 0 Å². The van der Waals surface area contributed by atoms with Crippen molar-refractivity contribution in [3.63, 3.8) is 0 Å². The van der Waals surface area contributed by atoms with E-state index in [-0.39, 0.29) is 4.99 Å². The molecule has 4 nitrogen and oxygen atoms in total. The smallest absolute Gasteiger partial charge is 0.243 e. The molecule has 0 fully saturated rings. The van der Waals surface area contributed by atoms with Crippen LogP contribution in [0.4, 0.5) is 0 Å². The topological polar surface area (TPSA) is 61.0 Å². The van der Waals surface area contributed by atoms with Gasteiger partial charge in [-0.15, -0.1) is 5.10 Å². The lowest BCUT2D eigenvalue weighted by atomic mass is 10.2. The van der Waals surface area contributed by atoms with Crippen LogP contribution in [0.2, 0.25) is 0 Å². The molecule has 1 heterocycles. The van der Waals surface area contributed by atoms with Gasteiger partial charge in [0.25, 0.3) is 0 Å². The predicted molar refractivity (Wildman–Crippen MR) is 58.3 cm³/mol. The van der Waals surface area contributed by atoms with Gasteiger partial charge in [-0.2, -0.15) is 5.10 Å². The first kappa shape index (κ1) is 10.8. The monoisotopic (exact) mass is 211 g/mol. The number of hydrogen-bond acceptors (Lipinski definition) is 4. The van der Waals surface area contributed by atoms with Gasteiger partial charge in [-0.1, -0.05) is 26.1 Å². The van der Waals surface area contributed by atoms with Crippen molar-refractivity contribution >= 4 is 17.2 Å². The highest BCUT2D eigenvalue weighted by Crippen LogP contribution is 2.13. The molecule has 0 aliphatic rings. The number of hydrogen-bond donors (Lipinski definition) is 1. The van der Waals surface area contributed by atoms with Crippen molar-refractivity contribution in [3.8, 4) is 5.88 Å². The lowest BCUT2D eigenvalue weighted by Gasteiger charge is -2.09. The SMILES string of the molecule is CC(C)COc1nnccc1C(N)=S. The van der Waals surface area contributed by atoms with E-state index in [1.165, 1.54) is 6.20 Å². The average Bonchev–Trinajstić information content (AvgIpc) is 2.15. The third kappa shape index (κ3) is 2.92. The minimum Gasteiger partial charge on any atom is -0.476 e. The van der Waals surface area contributed by atoms with E-state index in [1.54, 1.807) is 6.07 Å². The Kier molecular flexibility index (Phi) is 3.76. The van der Waals surface area contributed by atoms with Gasteiger partial charge in [0.05, 0.1) is 18.4 Å². The molecule has 0 amide bonds. The van der Waals surface area contributed by atoms with E-state index < -0.39 is 0 Å². The number of rotatable bonds is 4. The standard InChI is InChI=1S/C9H13N3OS/c1-6(2)5-13-9-7(8(10)14)3-4-11-12-9/h3-4,6H,5H2,1-2H3,(H2,10,14). The van der Waals surface area contributed by atoms with Crippen LogP contribution >= 0.6 is 12.2 Å². The molecule has 0 spiro atoms. The third-order valence-electron chi connectivity index (χ3n) is 1.51. The molecule has 2 N–H and O–H groups in total. The maximum absolute atomic E-state index is 5.50. The Balaban J connectivity index is 2.79. The Morgan fingerprint density at radius 3 is 2.93 bits per heavy atom. The van der Waals surface area contributed by atoms with Crippen LogP contribution < -0.4 is 10.5 Å². The van der Waals surface area contributed by atoms with E-state index >= 15 is 0 Å². The summed E-state index contributed by atoms with van der Waals surface area (Å²) in [6.07, 6.45) is 1.54. The zero-order valence-electron chi connectivity index (χ0n) is 8.23. The van der Waals surface area contributed by atoms with Gasteiger partial charge in [0, 0.05) is 0 Å². The van der Waals surface area contributed by atoms with Crippen LogP contribution in [0, 0.1) is 5.92 Å². The van der Waals surface area contributed by atoms with Gasteiger partial charge >= 0.3 is 0 Å². The second kappa shape index (κ2) is 4.85. The Bertz CT molecular complexity index is 328. The van der Waals surface area contributed by atoms with Crippen LogP contribution in [0.1, 0.15) is 19.4 Å². The van der Waals surface area contributed by atoms with Gasteiger partial charge in [-0.25, -0.2) is 0 Å². The third-order valence-corrected chi connectivity index (χ3v) is 1.73. The molecule has 1 aromatic rings. The lowest BCUT2D eigenvalue weighted by Crippen LogP contribution is -2.15. The van der Waals surface area contributed by atoms with Crippen LogP contribution in [0.3, 0.4) is 0 Å². The van der Waals surface area contributed by atoms with Gasteiger partial charge in [0.2, 0.25) is 5.88 Å². The predicted octanol–water partition coefficient (Wildman–Crippen LogP) is 1.15. The zero-order chi connectivity index (χ0) is 10.6. The highest BCUT2D eigenvalue weighted by molar-refractivity contribution is 7.80. The molecule has 5 heteroatoms. The van der Waals surface area contributed by atoms with Crippen molar-refractivity contribution in [3.05, 3.63) is 17.8 Å². The molecule has 0 radical (unpaired) electrons. The zero-order valence-corrected chi connectivity index (χ0v) is 9.04. The number of thiocarbonyl (C=S) groups is 1. The highest BCUT2D eigenvalue weighted by atomic mass is 32.1. The van der Waals surface area contributed by atoms with Crippen LogP contribution in [0.25, 0.3) is 0 Å². The summed E-state index contributed by atoms with van der Waals surface area (Å²) in [7, 11) is 0. The molecular weight excluding hydrogens is 198 g/mol. The first-order chi connectivity index (χ1) is 6.61. The minimum atomic E-state index is 0.277. The summed E-state index contributed by atoms with van der Waals surface area (Å²) in [4.78, 5) is 0.277. The molecule has 0 aliphatic heterocycles. The Morgan fingerprint density at radius 1 is 1.64 bits per heavy atom. The summed E-state index contributed by atoms with van der Waals surface area (Å²) in [6.45, 7) is 4.68. The Labute approximate surface area is 88.5 Å². The molecular formula is C9H13N3OS. The summed E-state index contributed by atoms with van der Waals surface area (Å²) in [5.41, 5.74) is 6.14. The van der Waals surface area contributed by atoms with Crippen molar-refractivity contribution < 1.29 is 4.74 Å². The van der Waals surface area contributed by atoms with E-state index in [9.17, 15) is 0 Å². The molecule has 0 bridgehead atoms. The van der Waals surface area contributed by atoms with Crippen LogP contribution in [-0.4, -0.2) is 21.8 Å². The summed E-state index contributed by atoms with van der Waals surface area (Å²) < 4.78 is 5.42. The average molecular weight is 211 g/mol. The second-order valence-corrected chi connectivity index (χ2v) is 3.76. The van der Waals surface area contributed by atoms with E-state index in [2.05, 4.69) is 24.0 Å². The number of aromatic nitrogens is 2. The molecule has 14 heavy (non-hydrogen) atoms. The molecule has 0 atom stereocenters. The second-order valence-electron chi connectivity index (χ2n) is 3.32. The van der Waals surface area contributed by atoms with Gasteiger partial charge < -0.3 is 10.5 Å². The Hall–Kier alpha value is -1.23. The summed E-state index contributed by atoms with van der Waals surface area (Å²) in [6, 6.07) is 1.70. The van der Waals surface area contributed by atoms with Gasteiger partial charge in [0.1, 0.15) is 4.99 Å². The maximum atomic E-state index is 5.50. The molecule has 1 aromatic heterocycles. The van der Waals surface area contributed by atoms with Crippen LogP contribution in [0.5, 0.6) is 5.88 Å². The van der Waals surface area contributed by atoms with E-state index in [0.29, 0.717) is 24.0 Å². The molecule has 76 valence electrons. The number of nitrogens with two attached hydrogens (primary N) is 1. The largest absolute Gasteiger partial charge is 0.476 e. The maximum Gasteiger partial charge on any atom is 0.243 e. The van der Waals surface area contributed by atoms with E-state index in [4.69, 9.17) is 22.7 Å². The fraction of sp³-hybridized carbons (Fsp3) is 0.444. The quantitative estimate of drug-likeness (QED) is 0.757. The summed E-state index contributed by atoms with van der Waals surface area (Å²) in [5, 5.41) is 7.55. The fourth-order valence-electron chi connectivity index (χ4n) is 0.859. The van der Waals surface area contributed by atoms with Crippen molar-refractivity contribution in [1.82, 2.24) is 10.2 Å². The normalized spacial score (nSPS) is 10.2. The van der Waals surface area contributed by atoms with Gasteiger partial charge in [-0.05, 0) is 12.0 Å². The first-order valence-electron chi connectivity index (χ1n) is 4.35. The van der Waals surface area contributed by atoms with Crippen molar-refractivity contribution in [1.29, 1.82) is 0 Å². The van der Waals surface area contributed by atoms with Crippen molar-refractivity contribution in [2.24, 2.45) is 11.7 Å². The lowest BCUT2D eigenvalue weighted by molar-refractivity contribution is 0.258. The fourth-order valence-corrected chi connectivity index (χ4v) is 1.01. The highest BCUT2D eigenvalue weighted by Gasteiger charge is 2.08. The van der Waals surface area contributed by atoms with Crippen molar-refractivity contribution in [2.45, 2.75) is 13.8 Å². The molecule has 1 rings (SSSR count). The Morgan fingerprint density at radius 2 is 2.36 bits per heavy atom. The van der Waals surface area contributed by atoms with E-state index in [1.807, 2.05) is 0 Å². The minimum absolute atomic E-state index is 0.277. The van der Waals surface area contributed by atoms with Crippen molar-refractivity contribution in [2.75, 3.05) is 6.61 Å². The van der Waals surface area contributed by atoms with Crippen LogP contribution in [-0.2, 0) is 0 Å². The number of ether oxygens (including phenoxy) is 1. The van der Waals surface area contributed by atoms with Gasteiger partial charge in [-0.3, -0.25) is 0 Å². The molecule has 0 saturated heterocycles. The molecule has 0 saturated carbocycles. The molecule has 0 aliphatic carbocycles. The molecule has 0 unspecified atom stereocenters. The first-order valence-corrected chi connectivity index (χ1v) is 4.76. The summed E-state index contributed by atoms with van der Waals surface area (Å²) >= 11 is 4.86. The summed E-state index contributed by atoms with van der Waals surface area (Å²) in [5.74, 6) is 0.838. The van der Waals surface area contributed by atoms with Crippen LogP contribution in [0.15, 0.2) is 12.3 Å². The number of nitrogens with zero attached hydrogens (tertiary/aromatic N) is 2. The van der Waals surface area contributed by atoms with Gasteiger partial charge in [0.15, 0.2) is 0 Å².